The molecule has 0 spiro atoms. The quantitative estimate of drug-likeness (QED) is 0.771. The molecule has 4 rings (SSSR count). The number of hydrogen-bond acceptors (Lipinski definition) is 5. The summed E-state index contributed by atoms with van der Waals surface area (Å²) in [5.41, 5.74) is 2.25. The fraction of sp³-hybridized carbons (Fsp3) is 0.312. The highest BCUT2D eigenvalue weighted by Crippen LogP contribution is 2.29. The first-order valence-corrected chi connectivity index (χ1v) is 8.73. The number of thiazole rings is 1. The number of benzene rings is 1. The van der Waals surface area contributed by atoms with Gasteiger partial charge in [-0.25, -0.2) is 4.79 Å². The van der Waals surface area contributed by atoms with Crippen LogP contribution in [0.5, 0.6) is 0 Å². The molecule has 3 heterocycles. The van der Waals surface area contributed by atoms with E-state index in [9.17, 15) is 22.8 Å². The van der Waals surface area contributed by atoms with Gasteiger partial charge >= 0.3 is 12.2 Å². The molecule has 1 aromatic heterocycles. The standard InChI is InChI=1S/C16H14F3N5O2S/c1-22-11-12(23(2)15(22)26)24-13(25)10(27-14(24)21-20-11)7-8-3-5-9(6-4-8)16(17,18)19/h3-7,11-12,20H,1-2H3/b10-7-. The molecular formula is C16H14F3N5O2S. The number of nitrogens with zero attached hydrogens (tertiary/aromatic N) is 4. The number of carbonyl (C=O) groups excluding carboxylic acids is 1. The molecule has 0 saturated carbocycles. The van der Waals surface area contributed by atoms with Crippen molar-refractivity contribution in [1.82, 2.24) is 19.8 Å². The van der Waals surface area contributed by atoms with E-state index in [1.807, 2.05) is 0 Å². The summed E-state index contributed by atoms with van der Waals surface area (Å²) < 4.78 is 39.8. The van der Waals surface area contributed by atoms with Crippen molar-refractivity contribution in [2.75, 3.05) is 14.1 Å². The van der Waals surface area contributed by atoms with Crippen LogP contribution in [0.15, 0.2) is 34.2 Å². The van der Waals surface area contributed by atoms with Crippen molar-refractivity contribution in [3.05, 3.63) is 55.1 Å². The summed E-state index contributed by atoms with van der Waals surface area (Å²) in [5.74, 6) is 0. The molecule has 142 valence electrons. The number of rotatable bonds is 1. The average Bonchev–Trinajstić information content (AvgIpc) is 3.05. The van der Waals surface area contributed by atoms with Crippen LogP contribution in [0, 0.1) is 0 Å². The predicted molar refractivity (Wildman–Crippen MR) is 91.3 cm³/mol. The molecule has 1 fully saturated rings. The van der Waals surface area contributed by atoms with E-state index in [4.69, 9.17) is 0 Å². The lowest BCUT2D eigenvalue weighted by molar-refractivity contribution is -0.137. The van der Waals surface area contributed by atoms with Crippen LogP contribution in [-0.2, 0) is 6.18 Å². The zero-order chi connectivity index (χ0) is 19.5. The fourth-order valence-electron chi connectivity index (χ4n) is 3.20. The molecule has 1 N–H and O–H groups in total. The lowest BCUT2D eigenvalue weighted by atomic mass is 10.1. The largest absolute Gasteiger partial charge is 0.416 e. The van der Waals surface area contributed by atoms with E-state index in [0.29, 0.717) is 14.9 Å². The second kappa shape index (κ2) is 5.84. The van der Waals surface area contributed by atoms with Gasteiger partial charge < -0.3 is 9.80 Å². The Kier molecular flexibility index (Phi) is 3.81. The molecule has 0 radical (unpaired) electrons. The number of amides is 2. The SMILES string of the molecule is CN1C(=O)N(C)C2C1NN=c1s/c(=C\c3ccc(C(F)(F)F)cc3)c(=O)n12. The first-order chi connectivity index (χ1) is 12.7. The number of urea groups is 1. The molecule has 2 aliphatic heterocycles. The third kappa shape index (κ3) is 2.69. The number of likely N-dealkylation sites (N-methyl/N-ethyl adjacent to an activating group) is 2. The van der Waals surface area contributed by atoms with Crippen LogP contribution in [0.2, 0.25) is 0 Å². The normalized spacial score (nSPS) is 22.4. The molecular weight excluding hydrogens is 383 g/mol. The van der Waals surface area contributed by atoms with Crippen molar-refractivity contribution in [3.8, 4) is 0 Å². The Bertz CT molecular complexity index is 1090. The van der Waals surface area contributed by atoms with Gasteiger partial charge in [-0.2, -0.15) is 13.2 Å². The third-order valence-corrected chi connectivity index (χ3v) is 5.61. The first-order valence-electron chi connectivity index (χ1n) is 7.91. The number of aromatic nitrogens is 1. The number of carbonyl (C=O) groups is 1. The van der Waals surface area contributed by atoms with E-state index in [1.165, 1.54) is 32.6 Å². The lowest BCUT2D eigenvalue weighted by Gasteiger charge is -2.27. The Hall–Kier alpha value is -2.82. The van der Waals surface area contributed by atoms with Crippen LogP contribution >= 0.6 is 11.3 Å². The predicted octanol–water partition coefficient (Wildman–Crippen LogP) is 0.717. The number of halogens is 3. The highest BCUT2D eigenvalue weighted by Gasteiger charge is 2.46. The van der Waals surface area contributed by atoms with Gasteiger partial charge in [0.1, 0.15) is 0 Å². The van der Waals surface area contributed by atoms with Crippen LogP contribution in [0.3, 0.4) is 0 Å². The van der Waals surface area contributed by atoms with Crippen molar-refractivity contribution in [2.45, 2.75) is 18.5 Å². The second-order valence-electron chi connectivity index (χ2n) is 6.29. The van der Waals surface area contributed by atoms with Gasteiger partial charge in [-0.15, -0.1) is 5.10 Å². The van der Waals surface area contributed by atoms with Gasteiger partial charge in [0.05, 0.1) is 10.1 Å². The Balaban J connectivity index is 1.78. The average molecular weight is 397 g/mol. The summed E-state index contributed by atoms with van der Waals surface area (Å²) in [6, 6.07) is 4.31. The number of hydrogen-bond donors (Lipinski definition) is 1. The highest BCUT2D eigenvalue weighted by molar-refractivity contribution is 7.07. The van der Waals surface area contributed by atoms with E-state index in [2.05, 4.69) is 10.5 Å². The molecule has 1 saturated heterocycles. The summed E-state index contributed by atoms with van der Waals surface area (Å²) in [6.45, 7) is 0. The van der Waals surface area contributed by atoms with Crippen molar-refractivity contribution >= 4 is 23.4 Å². The maximum absolute atomic E-state index is 12.9. The first kappa shape index (κ1) is 17.6. The van der Waals surface area contributed by atoms with Crippen LogP contribution < -0.4 is 20.3 Å². The Morgan fingerprint density at radius 2 is 1.81 bits per heavy atom. The van der Waals surface area contributed by atoms with E-state index in [-0.39, 0.29) is 11.6 Å². The molecule has 1 aromatic carbocycles. The zero-order valence-corrected chi connectivity index (χ0v) is 15.0. The van der Waals surface area contributed by atoms with Gasteiger partial charge in [0, 0.05) is 14.1 Å². The highest BCUT2D eigenvalue weighted by atomic mass is 32.1. The lowest BCUT2D eigenvalue weighted by Crippen LogP contribution is -2.52. The van der Waals surface area contributed by atoms with Crippen LogP contribution in [-0.4, -0.2) is 40.7 Å². The Morgan fingerprint density at radius 3 is 2.44 bits per heavy atom. The Labute approximate surface area is 154 Å². The fourth-order valence-corrected chi connectivity index (χ4v) is 4.16. The number of fused-ring (bicyclic) bond motifs is 3. The van der Waals surface area contributed by atoms with Gasteiger partial charge in [-0.1, -0.05) is 23.5 Å². The molecule has 2 amide bonds. The molecule has 2 atom stereocenters. The molecule has 7 nitrogen and oxygen atoms in total. The van der Waals surface area contributed by atoms with Crippen LogP contribution in [0.1, 0.15) is 17.3 Å². The molecule has 0 bridgehead atoms. The molecule has 2 aliphatic rings. The summed E-state index contributed by atoms with van der Waals surface area (Å²) >= 11 is 1.11. The maximum Gasteiger partial charge on any atom is 0.416 e. The van der Waals surface area contributed by atoms with E-state index in [1.54, 1.807) is 14.1 Å². The van der Waals surface area contributed by atoms with Gasteiger partial charge in [-0.05, 0) is 23.8 Å². The molecule has 0 aliphatic carbocycles. The monoisotopic (exact) mass is 397 g/mol. The smallest absolute Gasteiger partial charge is 0.303 e. The van der Waals surface area contributed by atoms with E-state index < -0.39 is 24.1 Å². The summed E-state index contributed by atoms with van der Waals surface area (Å²) in [5, 5.41) is 4.17. The van der Waals surface area contributed by atoms with Crippen LogP contribution in [0.4, 0.5) is 18.0 Å². The molecule has 11 heteroatoms. The summed E-state index contributed by atoms with van der Waals surface area (Å²) in [7, 11) is 3.22. The van der Waals surface area contributed by atoms with E-state index in [0.717, 1.165) is 23.5 Å². The maximum atomic E-state index is 12.9. The number of nitrogens with one attached hydrogen (secondary N) is 1. The topological polar surface area (TPSA) is 69.9 Å². The molecule has 2 unspecified atom stereocenters. The Morgan fingerprint density at radius 1 is 1.15 bits per heavy atom. The minimum atomic E-state index is -4.41. The summed E-state index contributed by atoms with van der Waals surface area (Å²) in [6.07, 6.45) is -3.91. The molecule has 2 aromatic rings. The van der Waals surface area contributed by atoms with E-state index >= 15 is 0 Å². The van der Waals surface area contributed by atoms with Crippen molar-refractivity contribution in [3.63, 3.8) is 0 Å². The minimum Gasteiger partial charge on any atom is -0.303 e. The van der Waals surface area contributed by atoms with Crippen LogP contribution in [0.25, 0.3) is 6.08 Å². The zero-order valence-electron chi connectivity index (χ0n) is 14.2. The second-order valence-corrected chi connectivity index (χ2v) is 7.30. The minimum absolute atomic E-state index is 0.244. The van der Waals surface area contributed by atoms with Crippen molar-refractivity contribution < 1.29 is 18.0 Å². The van der Waals surface area contributed by atoms with Crippen molar-refractivity contribution in [1.29, 1.82) is 0 Å². The third-order valence-electron chi connectivity index (χ3n) is 4.63. The summed E-state index contributed by atoms with van der Waals surface area (Å²) in [4.78, 5) is 28.3. The van der Waals surface area contributed by atoms with Crippen molar-refractivity contribution in [2.24, 2.45) is 5.10 Å². The molecule has 27 heavy (non-hydrogen) atoms. The van der Waals surface area contributed by atoms with Gasteiger partial charge in [0.2, 0.25) is 4.80 Å². The van der Waals surface area contributed by atoms with Gasteiger partial charge in [0.15, 0.2) is 12.3 Å². The van der Waals surface area contributed by atoms with Gasteiger partial charge in [0.25, 0.3) is 5.56 Å². The van der Waals surface area contributed by atoms with Gasteiger partial charge in [-0.3, -0.25) is 14.8 Å². The number of alkyl halides is 3.